The first-order chi connectivity index (χ1) is 10.4. The quantitative estimate of drug-likeness (QED) is 0.306. The van der Waals surface area contributed by atoms with Crippen molar-refractivity contribution >= 4 is 11.9 Å². The zero-order valence-electron chi connectivity index (χ0n) is 14.8. The number of esters is 2. The standard InChI is InChI=1S/2C6H9O2.2C3H7.Ti/c2*1-3-5-8-6(7)4-2;2*1-3-2;/h2*4H,1-3,5H2;2*1,3H2,2H3;/q4*-1;+4. The van der Waals surface area contributed by atoms with Crippen molar-refractivity contribution in [2.45, 2.75) is 39.5 Å². The van der Waals surface area contributed by atoms with Gasteiger partial charge in [-0.1, -0.05) is 27.0 Å². The van der Waals surface area contributed by atoms with Gasteiger partial charge in [0, 0.05) is 12.2 Å². The molecule has 0 saturated heterocycles. The summed E-state index contributed by atoms with van der Waals surface area (Å²) in [6.45, 7) is 25.2. The van der Waals surface area contributed by atoms with Crippen molar-refractivity contribution in [3.05, 3.63) is 53.0 Å². The Bertz CT molecular complexity index is 227. The molecule has 0 fully saturated rings. The smallest absolute Gasteiger partial charge is 0.465 e. The maximum Gasteiger partial charge on any atom is 4.00 e. The van der Waals surface area contributed by atoms with Crippen molar-refractivity contribution in [2.24, 2.45) is 0 Å². The van der Waals surface area contributed by atoms with E-state index in [0.717, 1.165) is 25.0 Å². The SMILES string of the molecule is C=CC(=O)OCC[CH2-].C=CC(=O)OCC[CH2-].[CH2-]CC.[CH2-]CC.[Ti+4]. The van der Waals surface area contributed by atoms with E-state index in [-0.39, 0.29) is 33.7 Å². The third kappa shape index (κ3) is 62.4. The summed E-state index contributed by atoms with van der Waals surface area (Å²) in [5.41, 5.74) is 0. The van der Waals surface area contributed by atoms with Crippen molar-refractivity contribution in [3.63, 3.8) is 0 Å². The predicted octanol–water partition coefficient (Wildman–Crippen LogP) is 4.34. The van der Waals surface area contributed by atoms with E-state index in [4.69, 9.17) is 0 Å². The summed E-state index contributed by atoms with van der Waals surface area (Å²) < 4.78 is 9.04. The molecule has 0 radical (unpaired) electrons. The van der Waals surface area contributed by atoms with Gasteiger partial charge in [0.05, 0.1) is 13.2 Å². The summed E-state index contributed by atoms with van der Waals surface area (Å²) in [5.74, 6) is -0.762. The summed E-state index contributed by atoms with van der Waals surface area (Å²) >= 11 is 0. The Morgan fingerprint density at radius 1 is 0.826 bits per heavy atom. The normalized spacial score (nSPS) is 7.22. The van der Waals surface area contributed by atoms with Crippen LogP contribution in [0.4, 0.5) is 0 Å². The van der Waals surface area contributed by atoms with Crippen LogP contribution >= 0.6 is 0 Å². The second-order valence-electron chi connectivity index (χ2n) is 3.45. The van der Waals surface area contributed by atoms with Crippen molar-refractivity contribution in [2.75, 3.05) is 13.2 Å². The van der Waals surface area contributed by atoms with E-state index in [1.807, 2.05) is 13.8 Å². The average molecular weight is 360 g/mol. The third-order valence-electron chi connectivity index (χ3n) is 1.11. The molecule has 23 heavy (non-hydrogen) atoms. The second-order valence-corrected chi connectivity index (χ2v) is 3.45. The Kier molecular flexibility index (Phi) is 54.8. The molecule has 0 aromatic heterocycles. The van der Waals surface area contributed by atoms with Crippen LogP contribution in [0.15, 0.2) is 25.3 Å². The maximum atomic E-state index is 10.2. The fourth-order valence-corrected chi connectivity index (χ4v) is 0.463. The van der Waals surface area contributed by atoms with Gasteiger partial charge in [0.1, 0.15) is 0 Å². The van der Waals surface area contributed by atoms with Crippen LogP contribution in [0.2, 0.25) is 0 Å². The molecule has 5 heteroatoms. The van der Waals surface area contributed by atoms with Gasteiger partial charge in [-0.05, 0) is 0 Å². The molecule has 0 aliphatic heterocycles. The Hall–Kier alpha value is -0.866. The van der Waals surface area contributed by atoms with Crippen LogP contribution in [0.3, 0.4) is 0 Å². The van der Waals surface area contributed by atoms with Gasteiger partial charge in [0.2, 0.25) is 0 Å². The molecule has 0 spiro atoms. The van der Waals surface area contributed by atoms with E-state index in [1.165, 1.54) is 0 Å². The molecule has 0 aliphatic carbocycles. The number of ether oxygens (including phenoxy) is 2. The minimum atomic E-state index is -0.381. The molecule has 0 unspecified atom stereocenters. The first-order valence-corrected chi connectivity index (χ1v) is 7.20. The Morgan fingerprint density at radius 2 is 1.04 bits per heavy atom. The monoisotopic (exact) mass is 360 g/mol. The largest absolute Gasteiger partial charge is 4.00 e. The molecule has 0 amide bonds. The molecule has 0 saturated carbocycles. The zero-order chi connectivity index (χ0) is 18.2. The Morgan fingerprint density at radius 3 is 1.17 bits per heavy atom. The molecule has 0 heterocycles. The predicted molar refractivity (Wildman–Crippen MR) is 93.6 cm³/mol. The average Bonchev–Trinajstić information content (AvgIpc) is 2.52. The molecule has 0 N–H and O–H groups in total. The molecule has 0 aliphatic rings. The van der Waals surface area contributed by atoms with Gasteiger partial charge in [-0.2, -0.15) is 12.8 Å². The van der Waals surface area contributed by atoms with E-state index in [2.05, 4.69) is 50.3 Å². The first-order valence-electron chi connectivity index (χ1n) is 7.20. The van der Waals surface area contributed by atoms with Crippen LogP contribution in [0.25, 0.3) is 0 Å². The zero-order valence-corrected chi connectivity index (χ0v) is 16.3. The van der Waals surface area contributed by atoms with Crippen molar-refractivity contribution in [1.29, 1.82) is 0 Å². The van der Waals surface area contributed by atoms with Crippen molar-refractivity contribution in [3.8, 4) is 0 Å². The number of carbonyl (C=O) groups is 2. The van der Waals surface area contributed by atoms with Crippen LogP contribution in [0.5, 0.6) is 0 Å². The van der Waals surface area contributed by atoms with E-state index in [1.54, 1.807) is 0 Å². The molecule has 0 rings (SSSR count). The molecule has 4 nitrogen and oxygen atoms in total. The maximum absolute atomic E-state index is 10.2. The van der Waals surface area contributed by atoms with Gasteiger partial charge < -0.3 is 37.2 Å². The van der Waals surface area contributed by atoms with Gasteiger partial charge >= 0.3 is 33.7 Å². The minimum absolute atomic E-state index is 0. The van der Waals surface area contributed by atoms with Crippen LogP contribution in [0.1, 0.15) is 39.5 Å². The fourth-order valence-electron chi connectivity index (χ4n) is 0.463. The van der Waals surface area contributed by atoms with E-state index in [9.17, 15) is 9.59 Å². The van der Waals surface area contributed by atoms with E-state index < -0.39 is 0 Å². The Labute approximate surface area is 158 Å². The van der Waals surface area contributed by atoms with Crippen LogP contribution in [-0.4, -0.2) is 25.2 Å². The fraction of sp³-hybridized carbons (Fsp3) is 0.444. The van der Waals surface area contributed by atoms with Crippen molar-refractivity contribution in [1.82, 2.24) is 0 Å². The second kappa shape index (κ2) is 37.4. The number of hydrogen-bond acceptors (Lipinski definition) is 4. The number of rotatable bonds is 6. The van der Waals surface area contributed by atoms with Crippen LogP contribution in [0, 0.1) is 27.7 Å². The van der Waals surface area contributed by atoms with Crippen molar-refractivity contribution < 1.29 is 40.8 Å². The molecular weight excluding hydrogens is 328 g/mol. The van der Waals surface area contributed by atoms with Crippen LogP contribution in [-0.2, 0) is 40.8 Å². The molecule has 132 valence electrons. The third-order valence-corrected chi connectivity index (χ3v) is 1.11. The minimum Gasteiger partial charge on any atom is -0.465 e. The first kappa shape index (κ1) is 33.7. The summed E-state index contributed by atoms with van der Waals surface area (Å²) in [6.07, 6.45) is 5.49. The van der Waals surface area contributed by atoms with Gasteiger partial charge in [-0.15, -0.1) is 12.8 Å². The topological polar surface area (TPSA) is 52.6 Å². The summed E-state index contributed by atoms with van der Waals surface area (Å²) in [4.78, 5) is 20.4. The van der Waals surface area contributed by atoms with Gasteiger partial charge in [-0.25, -0.2) is 9.59 Å². The molecular formula is C18H32O4Ti. The summed E-state index contributed by atoms with van der Waals surface area (Å²) in [6, 6.07) is 0. The van der Waals surface area contributed by atoms with E-state index >= 15 is 0 Å². The summed E-state index contributed by atoms with van der Waals surface area (Å²) in [5, 5.41) is 0. The molecule has 0 aromatic rings. The van der Waals surface area contributed by atoms with Gasteiger partial charge in [-0.3, -0.25) is 0 Å². The van der Waals surface area contributed by atoms with Crippen LogP contribution < -0.4 is 0 Å². The summed E-state index contributed by atoms with van der Waals surface area (Å²) in [7, 11) is 0. The molecule has 0 bridgehead atoms. The van der Waals surface area contributed by atoms with Gasteiger partial charge in [0.15, 0.2) is 0 Å². The molecule has 0 atom stereocenters. The molecule has 0 aromatic carbocycles. The van der Waals surface area contributed by atoms with Gasteiger partial charge in [0.25, 0.3) is 0 Å². The van der Waals surface area contributed by atoms with E-state index in [0.29, 0.717) is 26.1 Å². The number of hydrogen-bond donors (Lipinski definition) is 0. The number of carbonyl (C=O) groups excluding carboxylic acids is 2. The Balaban J connectivity index is -0.0000000680.